The molecule has 0 aliphatic heterocycles. The molecule has 0 spiro atoms. The van der Waals surface area contributed by atoms with Crippen LogP contribution in [0.3, 0.4) is 0 Å². The minimum atomic E-state index is -5.43. The first-order chi connectivity index (χ1) is 9.01. The van der Waals surface area contributed by atoms with E-state index in [1.54, 1.807) is 0 Å². The van der Waals surface area contributed by atoms with Gasteiger partial charge in [0.15, 0.2) is 0 Å². The van der Waals surface area contributed by atoms with E-state index in [0.717, 1.165) is 0 Å². The average Bonchev–Trinajstić information content (AvgIpc) is 2.60. The molecule has 1 aromatic heterocycles. The first kappa shape index (κ1) is 17.2. The van der Waals surface area contributed by atoms with E-state index in [-0.39, 0.29) is 11.6 Å². The van der Waals surface area contributed by atoms with Crippen molar-refractivity contribution in [1.29, 1.82) is 0 Å². The summed E-state index contributed by atoms with van der Waals surface area (Å²) in [6, 6.07) is 0. The molecule has 0 radical (unpaired) electrons. The molecule has 10 heteroatoms. The molecule has 0 amide bonds. The Morgan fingerprint density at radius 1 is 1.05 bits per heavy atom. The molecule has 0 atom stereocenters. The second-order valence-corrected chi connectivity index (χ2v) is 5.67. The highest BCUT2D eigenvalue weighted by atomic mass is 32.1. The van der Waals surface area contributed by atoms with Crippen molar-refractivity contribution in [3.05, 3.63) is 10.0 Å². The van der Waals surface area contributed by atoms with Gasteiger partial charge in [-0.25, -0.2) is 0 Å². The lowest BCUT2D eigenvalue weighted by Gasteiger charge is -2.20. The van der Waals surface area contributed by atoms with Gasteiger partial charge in [0.2, 0.25) is 5.92 Å². The third-order valence-electron chi connectivity index (χ3n) is 2.21. The van der Waals surface area contributed by atoms with Crippen LogP contribution < -0.4 is 5.32 Å². The Morgan fingerprint density at radius 2 is 1.60 bits per heavy atom. The fourth-order valence-electron chi connectivity index (χ4n) is 1.39. The fourth-order valence-corrected chi connectivity index (χ4v) is 2.35. The number of hydrogen-bond acceptors (Lipinski definition) is 4. The quantitative estimate of drug-likeness (QED) is 0.844. The highest BCUT2D eigenvalue weighted by Gasteiger charge is 2.59. The molecule has 1 N–H and O–H groups in total. The van der Waals surface area contributed by atoms with Crippen LogP contribution in [0.4, 0.5) is 26.3 Å². The molecule has 3 nitrogen and oxygen atoms in total. The number of hydrogen-bond donors (Lipinski definition) is 1. The van der Waals surface area contributed by atoms with Crippen LogP contribution in [-0.4, -0.2) is 29.1 Å². The molecule has 0 aliphatic carbocycles. The Morgan fingerprint density at radius 3 is 2.05 bits per heavy atom. The topological polar surface area (TPSA) is 37.8 Å². The van der Waals surface area contributed by atoms with Gasteiger partial charge in [-0.3, -0.25) is 0 Å². The van der Waals surface area contributed by atoms with Gasteiger partial charge in [0.05, 0.1) is 0 Å². The second-order valence-electron chi connectivity index (χ2n) is 4.58. The summed E-state index contributed by atoms with van der Waals surface area (Å²) in [5.41, 5.74) is 0. The molecular formula is C10H13F6N3S. The van der Waals surface area contributed by atoms with Gasteiger partial charge in [-0.1, -0.05) is 25.2 Å². The minimum absolute atomic E-state index is 0.0955. The largest absolute Gasteiger partial charge is 0.406 e. The van der Waals surface area contributed by atoms with Crippen molar-refractivity contribution in [3.63, 3.8) is 0 Å². The van der Waals surface area contributed by atoms with Crippen molar-refractivity contribution < 1.29 is 26.3 Å². The Kier molecular flexibility index (Phi) is 5.36. The molecule has 1 heterocycles. The number of nitrogens with one attached hydrogen (secondary N) is 1. The maximum atomic E-state index is 12.5. The molecule has 0 saturated heterocycles. The monoisotopic (exact) mass is 321 g/mol. The van der Waals surface area contributed by atoms with Gasteiger partial charge in [0, 0.05) is 6.54 Å². The molecule has 0 unspecified atom stereocenters. The zero-order valence-corrected chi connectivity index (χ0v) is 11.5. The Balaban J connectivity index is 2.82. The van der Waals surface area contributed by atoms with Crippen LogP contribution >= 0.6 is 11.3 Å². The van der Waals surface area contributed by atoms with Crippen molar-refractivity contribution in [2.24, 2.45) is 5.92 Å². The molecule has 116 valence electrons. The molecule has 0 bridgehead atoms. The minimum Gasteiger partial charge on any atom is -0.310 e. The van der Waals surface area contributed by atoms with E-state index in [2.05, 4.69) is 15.5 Å². The summed E-state index contributed by atoms with van der Waals surface area (Å²) < 4.78 is 74.8. The van der Waals surface area contributed by atoms with Gasteiger partial charge in [0.25, 0.3) is 0 Å². The van der Waals surface area contributed by atoms with Crippen molar-refractivity contribution in [2.75, 3.05) is 6.54 Å². The summed E-state index contributed by atoms with van der Waals surface area (Å²) >= 11 is 0.322. The van der Waals surface area contributed by atoms with Crippen molar-refractivity contribution in [3.8, 4) is 0 Å². The van der Waals surface area contributed by atoms with Crippen LogP contribution in [0.1, 0.15) is 29.8 Å². The average molecular weight is 321 g/mol. The second kappa shape index (κ2) is 6.25. The van der Waals surface area contributed by atoms with Gasteiger partial charge in [-0.05, 0) is 12.5 Å². The Hall–Kier alpha value is -0.900. The van der Waals surface area contributed by atoms with Crippen LogP contribution in [0, 0.1) is 5.92 Å². The number of nitrogens with zero attached hydrogens (tertiary/aromatic N) is 2. The van der Waals surface area contributed by atoms with Gasteiger partial charge in [-0.2, -0.15) is 26.3 Å². The summed E-state index contributed by atoms with van der Waals surface area (Å²) in [6.45, 7) is 4.51. The Labute approximate surface area is 115 Å². The molecule has 1 aromatic rings. The van der Waals surface area contributed by atoms with Gasteiger partial charge in [0.1, 0.15) is 10.0 Å². The summed E-state index contributed by atoms with van der Waals surface area (Å²) in [5, 5.41) is 8.30. The highest BCUT2D eigenvalue weighted by molar-refractivity contribution is 7.11. The van der Waals surface area contributed by atoms with E-state index in [1.807, 2.05) is 13.8 Å². The number of rotatable bonds is 5. The predicted molar refractivity (Wildman–Crippen MR) is 61.3 cm³/mol. The van der Waals surface area contributed by atoms with Gasteiger partial charge < -0.3 is 5.32 Å². The standard InChI is InChI=1S/C10H13F6N3S/c1-5(2)3-17-4-6-18-19-8(20-6)7(9(11,12)13)10(14,15)16/h5,7,17H,3-4H2,1-2H3. The molecule has 1 rings (SSSR count). The van der Waals surface area contributed by atoms with Gasteiger partial charge >= 0.3 is 12.4 Å². The summed E-state index contributed by atoms with van der Waals surface area (Å²) in [4.78, 5) is 0. The molecule has 0 aromatic carbocycles. The number of aromatic nitrogens is 2. The number of halogens is 6. The van der Waals surface area contributed by atoms with Crippen LogP contribution in [0.25, 0.3) is 0 Å². The predicted octanol–water partition coefficient (Wildman–Crippen LogP) is 3.49. The molecule has 0 aliphatic rings. The summed E-state index contributed by atoms with van der Waals surface area (Å²) in [7, 11) is 0. The molecule has 0 fully saturated rings. The van der Waals surface area contributed by atoms with Crippen molar-refractivity contribution in [2.45, 2.75) is 38.7 Å². The van der Waals surface area contributed by atoms with Crippen LogP contribution in [-0.2, 0) is 6.54 Å². The molecular weight excluding hydrogens is 308 g/mol. The summed E-state index contributed by atoms with van der Waals surface area (Å²) in [5.74, 6) is -3.27. The van der Waals surface area contributed by atoms with Crippen molar-refractivity contribution in [1.82, 2.24) is 15.5 Å². The maximum Gasteiger partial charge on any atom is 0.406 e. The van der Waals surface area contributed by atoms with E-state index in [9.17, 15) is 26.3 Å². The molecule has 20 heavy (non-hydrogen) atoms. The first-order valence-corrected chi connectivity index (χ1v) is 6.50. The zero-order chi connectivity index (χ0) is 15.6. The van der Waals surface area contributed by atoms with E-state index in [4.69, 9.17) is 0 Å². The van der Waals surface area contributed by atoms with E-state index < -0.39 is 23.3 Å². The van der Waals surface area contributed by atoms with Gasteiger partial charge in [-0.15, -0.1) is 10.2 Å². The maximum absolute atomic E-state index is 12.5. The fraction of sp³-hybridized carbons (Fsp3) is 0.800. The SMILES string of the molecule is CC(C)CNCc1nnc(C(C(F)(F)F)C(F)(F)F)s1. The van der Waals surface area contributed by atoms with Crippen LogP contribution in [0.2, 0.25) is 0 Å². The third-order valence-corrected chi connectivity index (χ3v) is 3.20. The third kappa shape index (κ3) is 4.89. The van der Waals surface area contributed by atoms with Crippen LogP contribution in [0.5, 0.6) is 0 Å². The van der Waals surface area contributed by atoms with E-state index >= 15 is 0 Å². The zero-order valence-electron chi connectivity index (χ0n) is 10.6. The lowest BCUT2D eigenvalue weighted by Crippen LogP contribution is -2.34. The van der Waals surface area contributed by atoms with E-state index in [0.29, 0.717) is 23.8 Å². The van der Waals surface area contributed by atoms with Crippen molar-refractivity contribution >= 4 is 11.3 Å². The lowest BCUT2D eigenvalue weighted by atomic mass is 10.1. The summed E-state index contributed by atoms with van der Waals surface area (Å²) in [6.07, 6.45) is -10.9. The molecule has 0 saturated carbocycles. The van der Waals surface area contributed by atoms with E-state index in [1.165, 1.54) is 0 Å². The highest BCUT2D eigenvalue weighted by Crippen LogP contribution is 2.46. The first-order valence-electron chi connectivity index (χ1n) is 5.68. The lowest BCUT2D eigenvalue weighted by molar-refractivity contribution is -0.253. The Bertz CT molecular complexity index is 411. The van der Waals surface area contributed by atoms with Crippen LogP contribution in [0.15, 0.2) is 0 Å². The normalized spacial score (nSPS) is 13.5. The number of alkyl halides is 6. The smallest absolute Gasteiger partial charge is 0.310 e.